The van der Waals surface area contributed by atoms with E-state index in [0.29, 0.717) is 28.0 Å². The number of fused-ring (bicyclic) bond motifs is 1. The molecule has 0 aliphatic heterocycles. The van der Waals surface area contributed by atoms with E-state index >= 15 is 0 Å². The molecule has 1 aromatic heterocycles. The molecule has 3 rings (SSSR count). The Labute approximate surface area is 109 Å². The third kappa shape index (κ3) is 1.74. The fourth-order valence-corrected chi connectivity index (χ4v) is 2.06. The monoisotopic (exact) mass is 252 g/mol. The lowest BCUT2D eigenvalue weighted by Crippen LogP contribution is -2.10. The smallest absolute Gasteiger partial charge is 0.216 e. The van der Waals surface area contributed by atoms with Gasteiger partial charge in [0, 0.05) is 11.3 Å². The van der Waals surface area contributed by atoms with Gasteiger partial charge in [0.2, 0.25) is 5.43 Å². The molecule has 2 aromatic carbocycles. The molecule has 4 heteroatoms. The Bertz CT molecular complexity index is 822. The van der Waals surface area contributed by atoms with Crippen LogP contribution < -0.4 is 16.9 Å². The zero-order valence-electron chi connectivity index (χ0n) is 10.1. The number of nitrogen functional groups attached to an aromatic ring is 2. The van der Waals surface area contributed by atoms with E-state index in [2.05, 4.69) is 0 Å². The second-order valence-electron chi connectivity index (χ2n) is 4.26. The molecule has 0 unspecified atom stereocenters. The molecule has 94 valence electrons. The highest BCUT2D eigenvalue weighted by molar-refractivity contribution is 5.87. The molecule has 4 N–H and O–H groups in total. The largest absolute Gasteiger partial charge is 0.454 e. The van der Waals surface area contributed by atoms with Gasteiger partial charge in [0.15, 0.2) is 5.76 Å². The third-order valence-corrected chi connectivity index (χ3v) is 3.04. The van der Waals surface area contributed by atoms with Gasteiger partial charge in [-0.2, -0.15) is 0 Å². The van der Waals surface area contributed by atoms with Gasteiger partial charge in [0.25, 0.3) is 0 Å². The summed E-state index contributed by atoms with van der Waals surface area (Å²) >= 11 is 0. The van der Waals surface area contributed by atoms with E-state index in [1.165, 1.54) is 0 Å². The molecule has 0 spiro atoms. The molecule has 0 saturated heterocycles. The molecule has 0 saturated carbocycles. The fraction of sp³-hybridized carbons (Fsp3) is 0. The van der Waals surface area contributed by atoms with Gasteiger partial charge in [-0.3, -0.25) is 4.79 Å². The highest BCUT2D eigenvalue weighted by Crippen LogP contribution is 2.31. The van der Waals surface area contributed by atoms with Gasteiger partial charge < -0.3 is 15.9 Å². The van der Waals surface area contributed by atoms with Crippen molar-refractivity contribution in [1.29, 1.82) is 0 Å². The quantitative estimate of drug-likeness (QED) is 0.652. The molecular formula is C15H12N2O2. The van der Waals surface area contributed by atoms with Gasteiger partial charge in [-0.05, 0) is 24.3 Å². The lowest BCUT2D eigenvalue weighted by molar-refractivity contribution is 0.621. The number of anilines is 2. The van der Waals surface area contributed by atoms with Crippen LogP contribution in [0.25, 0.3) is 22.3 Å². The molecular weight excluding hydrogens is 240 g/mol. The van der Waals surface area contributed by atoms with Crippen molar-refractivity contribution in [2.75, 3.05) is 11.5 Å². The van der Waals surface area contributed by atoms with Crippen molar-refractivity contribution in [2.24, 2.45) is 0 Å². The summed E-state index contributed by atoms with van der Waals surface area (Å²) in [7, 11) is 0. The number of para-hydroxylation sites is 2. The summed E-state index contributed by atoms with van der Waals surface area (Å²) in [4.78, 5) is 12.2. The minimum atomic E-state index is -0.236. The van der Waals surface area contributed by atoms with Crippen LogP contribution in [0.1, 0.15) is 0 Å². The topological polar surface area (TPSA) is 82.2 Å². The standard InChI is InChI=1S/C15H12N2O2/c16-11-7-3-1-5-9(11)15-13(17)14(18)10-6-2-4-8-12(10)19-15/h1-8H,16-17H2. The Hall–Kier alpha value is -2.75. The first-order chi connectivity index (χ1) is 9.18. The highest BCUT2D eigenvalue weighted by atomic mass is 16.3. The predicted octanol–water partition coefficient (Wildman–Crippen LogP) is 2.62. The number of nitrogens with two attached hydrogens (primary N) is 2. The molecule has 0 fully saturated rings. The molecule has 3 aromatic rings. The summed E-state index contributed by atoms with van der Waals surface area (Å²) in [6.45, 7) is 0. The maximum atomic E-state index is 12.2. The highest BCUT2D eigenvalue weighted by Gasteiger charge is 2.14. The van der Waals surface area contributed by atoms with E-state index in [4.69, 9.17) is 15.9 Å². The summed E-state index contributed by atoms with van der Waals surface area (Å²) in [5.74, 6) is 0.321. The number of hydrogen-bond donors (Lipinski definition) is 2. The van der Waals surface area contributed by atoms with Gasteiger partial charge in [-0.25, -0.2) is 0 Å². The lowest BCUT2D eigenvalue weighted by Gasteiger charge is -2.08. The first kappa shape index (κ1) is 11.3. The van der Waals surface area contributed by atoms with Crippen LogP contribution in [0, 0.1) is 0 Å². The predicted molar refractivity (Wildman–Crippen MR) is 76.7 cm³/mol. The second kappa shape index (κ2) is 4.17. The van der Waals surface area contributed by atoms with Crippen molar-refractivity contribution < 1.29 is 4.42 Å². The average Bonchev–Trinajstić information content (AvgIpc) is 2.44. The molecule has 0 bridgehead atoms. The van der Waals surface area contributed by atoms with Gasteiger partial charge in [0.1, 0.15) is 11.3 Å². The van der Waals surface area contributed by atoms with Crippen LogP contribution >= 0.6 is 0 Å². The maximum absolute atomic E-state index is 12.2. The van der Waals surface area contributed by atoms with Crippen molar-refractivity contribution in [3.8, 4) is 11.3 Å². The van der Waals surface area contributed by atoms with Crippen LogP contribution in [-0.2, 0) is 0 Å². The van der Waals surface area contributed by atoms with E-state index in [-0.39, 0.29) is 11.1 Å². The molecule has 0 aliphatic rings. The van der Waals surface area contributed by atoms with Gasteiger partial charge in [-0.15, -0.1) is 0 Å². The van der Waals surface area contributed by atoms with Crippen molar-refractivity contribution in [3.63, 3.8) is 0 Å². The zero-order chi connectivity index (χ0) is 13.4. The van der Waals surface area contributed by atoms with Crippen LogP contribution in [0.2, 0.25) is 0 Å². The summed E-state index contributed by atoms with van der Waals surface area (Å²) in [5, 5.41) is 0.471. The van der Waals surface area contributed by atoms with E-state index in [0.717, 1.165) is 0 Å². The normalized spacial score (nSPS) is 10.7. The number of rotatable bonds is 1. The van der Waals surface area contributed by atoms with Crippen molar-refractivity contribution in [2.45, 2.75) is 0 Å². The molecule has 0 amide bonds. The number of hydrogen-bond acceptors (Lipinski definition) is 4. The molecule has 0 atom stereocenters. The van der Waals surface area contributed by atoms with Crippen molar-refractivity contribution in [3.05, 3.63) is 58.8 Å². The molecule has 4 nitrogen and oxygen atoms in total. The zero-order valence-corrected chi connectivity index (χ0v) is 10.1. The first-order valence-corrected chi connectivity index (χ1v) is 5.84. The Kier molecular flexibility index (Phi) is 2.49. The minimum absolute atomic E-state index is 0.0802. The van der Waals surface area contributed by atoms with Crippen molar-refractivity contribution >= 4 is 22.3 Å². The van der Waals surface area contributed by atoms with Gasteiger partial charge in [-0.1, -0.05) is 24.3 Å². The van der Waals surface area contributed by atoms with E-state index in [1.807, 2.05) is 12.1 Å². The van der Waals surface area contributed by atoms with Crippen LogP contribution in [0.4, 0.5) is 11.4 Å². The molecule has 0 aliphatic carbocycles. The Morgan fingerprint density at radius 1 is 0.895 bits per heavy atom. The van der Waals surface area contributed by atoms with E-state index < -0.39 is 0 Å². The van der Waals surface area contributed by atoms with Crippen LogP contribution in [0.15, 0.2) is 57.7 Å². The summed E-state index contributed by atoms with van der Waals surface area (Å²) in [5.41, 5.74) is 13.3. The average molecular weight is 252 g/mol. The molecule has 1 heterocycles. The van der Waals surface area contributed by atoms with Crippen molar-refractivity contribution in [1.82, 2.24) is 0 Å². The van der Waals surface area contributed by atoms with Gasteiger partial charge >= 0.3 is 0 Å². The third-order valence-electron chi connectivity index (χ3n) is 3.04. The minimum Gasteiger partial charge on any atom is -0.454 e. The van der Waals surface area contributed by atoms with E-state index in [9.17, 15) is 4.79 Å². The Morgan fingerprint density at radius 2 is 1.58 bits per heavy atom. The molecule has 0 radical (unpaired) electrons. The lowest BCUT2D eigenvalue weighted by atomic mass is 10.1. The van der Waals surface area contributed by atoms with Crippen LogP contribution in [0.3, 0.4) is 0 Å². The summed E-state index contributed by atoms with van der Waals surface area (Å²) in [6, 6.07) is 14.2. The second-order valence-corrected chi connectivity index (χ2v) is 4.26. The molecule has 19 heavy (non-hydrogen) atoms. The van der Waals surface area contributed by atoms with Gasteiger partial charge in [0.05, 0.1) is 5.39 Å². The van der Waals surface area contributed by atoms with E-state index in [1.54, 1.807) is 36.4 Å². The SMILES string of the molecule is Nc1ccccc1-c1oc2ccccc2c(=O)c1N. The number of benzene rings is 2. The Balaban J connectivity index is 2.40. The fourth-order valence-electron chi connectivity index (χ4n) is 2.06. The Morgan fingerprint density at radius 3 is 2.37 bits per heavy atom. The van der Waals surface area contributed by atoms with Crippen LogP contribution in [-0.4, -0.2) is 0 Å². The summed E-state index contributed by atoms with van der Waals surface area (Å²) < 4.78 is 5.74. The summed E-state index contributed by atoms with van der Waals surface area (Å²) in [6.07, 6.45) is 0. The first-order valence-electron chi connectivity index (χ1n) is 5.84. The van der Waals surface area contributed by atoms with Crippen LogP contribution in [0.5, 0.6) is 0 Å². The maximum Gasteiger partial charge on any atom is 0.216 e.